The van der Waals surface area contributed by atoms with Crippen molar-refractivity contribution in [2.24, 2.45) is 11.8 Å². The molecule has 2 unspecified atom stereocenters. The van der Waals surface area contributed by atoms with Gasteiger partial charge in [-0.25, -0.2) is 0 Å². The van der Waals surface area contributed by atoms with Gasteiger partial charge in [0.1, 0.15) is 0 Å². The van der Waals surface area contributed by atoms with Gasteiger partial charge >= 0.3 is 0 Å². The molecule has 3 heterocycles. The molecule has 0 radical (unpaired) electrons. The Hall–Kier alpha value is -0.930. The Labute approximate surface area is 97.1 Å². The van der Waals surface area contributed by atoms with Crippen LogP contribution in [0, 0.1) is 11.8 Å². The summed E-state index contributed by atoms with van der Waals surface area (Å²) in [5.41, 5.74) is 1.39. The smallest absolute Gasteiger partial charge is 0.0271 e. The fourth-order valence-electron chi connectivity index (χ4n) is 3.20. The summed E-state index contributed by atoms with van der Waals surface area (Å²) in [5, 5.41) is 0. The van der Waals surface area contributed by atoms with Crippen molar-refractivity contribution in [3.05, 3.63) is 30.1 Å². The number of aromatic nitrogens is 1. The fourth-order valence-corrected chi connectivity index (χ4v) is 3.20. The molecule has 3 rings (SSSR count). The maximum atomic E-state index is 4.06. The molecule has 0 saturated carbocycles. The summed E-state index contributed by atoms with van der Waals surface area (Å²) in [6.45, 7) is 6.23. The van der Waals surface area contributed by atoms with E-state index in [-0.39, 0.29) is 0 Å². The van der Waals surface area contributed by atoms with Crippen LogP contribution in [0.3, 0.4) is 0 Å². The van der Waals surface area contributed by atoms with E-state index in [1.807, 2.05) is 12.4 Å². The second-order valence-electron chi connectivity index (χ2n) is 5.29. The lowest BCUT2D eigenvalue weighted by atomic mass is 10.0. The number of rotatable bonds is 2. The minimum atomic E-state index is 0.909. The van der Waals surface area contributed by atoms with E-state index in [9.17, 15) is 0 Å². The van der Waals surface area contributed by atoms with E-state index in [4.69, 9.17) is 0 Å². The van der Waals surface area contributed by atoms with Crippen molar-refractivity contribution in [1.29, 1.82) is 0 Å². The molecule has 0 N–H and O–H groups in total. The molecular formula is C13H19N3. The summed E-state index contributed by atoms with van der Waals surface area (Å²) in [6, 6.07) is 4.25. The second-order valence-corrected chi connectivity index (χ2v) is 5.29. The Kier molecular flexibility index (Phi) is 2.65. The number of hydrogen-bond donors (Lipinski definition) is 0. The molecule has 2 aliphatic rings. The average molecular weight is 217 g/mol. The molecule has 16 heavy (non-hydrogen) atoms. The lowest BCUT2D eigenvalue weighted by Crippen LogP contribution is -2.26. The first kappa shape index (κ1) is 10.2. The molecule has 86 valence electrons. The first-order valence-electron chi connectivity index (χ1n) is 6.11. The molecule has 0 amide bonds. The van der Waals surface area contributed by atoms with E-state index in [0.717, 1.165) is 18.4 Å². The number of hydrogen-bond acceptors (Lipinski definition) is 3. The quantitative estimate of drug-likeness (QED) is 0.739. The highest BCUT2D eigenvalue weighted by atomic mass is 15.2. The van der Waals surface area contributed by atoms with Crippen LogP contribution in [0.5, 0.6) is 0 Å². The molecule has 2 atom stereocenters. The first-order chi connectivity index (χ1) is 7.81. The number of nitrogens with zero attached hydrogens (tertiary/aromatic N) is 3. The largest absolute Gasteiger partial charge is 0.306 e. The van der Waals surface area contributed by atoms with Gasteiger partial charge in [-0.05, 0) is 36.6 Å². The lowest BCUT2D eigenvalue weighted by molar-refractivity contribution is 0.272. The van der Waals surface area contributed by atoms with Gasteiger partial charge in [0.15, 0.2) is 0 Å². The van der Waals surface area contributed by atoms with Gasteiger partial charge in [0.25, 0.3) is 0 Å². The third-order valence-electron chi connectivity index (χ3n) is 3.90. The Morgan fingerprint density at radius 1 is 1.12 bits per heavy atom. The van der Waals surface area contributed by atoms with Gasteiger partial charge in [0, 0.05) is 45.1 Å². The summed E-state index contributed by atoms with van der Waals surface area (Å²) >= 11 is 0. The van der Waals surface area contributed by atoms with E-state index >= 15 is 0 Å². The predicted octanol–water partition coefficient (Wildman–Crippen LogP) is 1.07. The van der Waals surface area contributed by atoms with Crippen LogP contribution in [0.25, 0.3) is 0 Å². The summed E-state index contributed by atoms with van der Waals surface area (Å²) in [4.78, 5) is 9.13. The van der Waals surface area contributed by atoms with Crippen LogP contribution < -0.4 is 0 Å². The standard InChI is InChI=1S/C13H19N3/c1-15-7-12-9-16(10-13(12)8-15)6-11-2-4-14-5-3-11/h2-5,12-13H,6-10H2,1H3. The van der Waals surface area contributed by atoms with Crippen molar-refractivity contribution < 1.29 is 0 Å². The van der Waals surface area contributed by atoms with Gasteiger partial charge in [-0.2, -0.15) is 0 Å². The van der Waals surface area contributed by atoms with E-state index in [2.05, 4.69) is 34.0 Å². The third kappa shape index (κ3) is 1.97. The topological polar surface area (TPSA) is 19.4 Å². The molecule has 2 aliphatic heterocycles. The van der Waals surface area contributed by atoms with Gasteiger partial charge in [0.05, 0.1) is 0 Å². The first-order valence-corrected chi connectivity index (χ1v) is 6.11. The van der Waals surface area contributed by atoms with Crippen LogP contribution in [0.1, 0.15) is 5.56 Å². The SMILES string of the molecule is CN1CC2CN(Cc3ccncc3)CC2C1. The van der Waals surface area contributed by atoms with Crippen LogP contribution >= 0.6 is 0 Å². The Morgan fingerprint density at radius 3 is 2.38 bits per heavy atom. The van der Waals surface area contributed by atoms with Gasteiger partial charge in [-0.15, -0.1) is 0 Å². The summed E-state index contributed by atoms with van der Waals surface area (Å²) < 4.78 is 0. The zero-order chi connectivity index (χ0) is 11.0. The minimum absolute atomic E-state index is 0.909. The Morgan fingerprint density at radius 2 is 1.75 bits per heavy atom. The molecule has 3 nitrogen and oxygen atoms in total. The van der Waals surface area contributed by atoms with Crippen molar-refractivity contribution in [2.45, 2.75) is 6.54 Å². The molecule has 2 fully saturated rings. The van der Waals surface area contributed by atoms with Crippen LogP contribution in [0.15, 0.2) is 24.5 Å². The molecule has 2 saturated heterocycles. The van der Waals surface area contributed by atoms with Crippen molar-refractivity contribution in [3.8, 4) is 0 Å². The Bertz CT molecular complexity index is 337. The van der Waals surface area contributed by atoms with Crippen molar-refractivity contribution in [2.75, 3.05) is 33.2 Å². The normalized spacial score (nSPS) is 30.8. The van der Waals surface area contributed by atoms with Crippen LogP contribution in [-0.2, 0) is 6.54 Å². The third-order valence-corrected chi connectivity index (χ3v) is 3.90. The lowest BCUT2D eigenvalue weighted by Gasteiger charge is -2.18. The van der Waals surface area contributed by atoms with E-state index in [0.29, 0.717) is 0 Å². The highest BCUT2D eigenvalue weighted by Crippen LogP contribution is 2.30. The molecule has 0 spiro atoms. The fraction of sp³-hybridized carbons (Fsp3) is 0.615. The second kappa shape index (κ2) is 4.15. The maximum Gasteiger partial charge on any atom is 0.0271 e. The van der Waals surface area contributed by atoms with Crippen LogP contribution in [-0.4, -0.2) is 48.0 Å². The monoisotopic (exact) mass is 217 g/mol. The van der Waals surface area contributed by atoms with Gasteiger partial charge in [-0.1, -0.05) is 0 Å². The average Bonchev–Trinajstić information content (AvgIpc) is 2.76. The molecular weight excluding hydrogens is 198 g/mol. The zero-order valence-electron chi connectivity index (χ0n) is 9.84. The maximum absolute atomic E-state index is 4.06. The van der Waals surface area contributed by atoms with Crippen molar-refractivity contribution >= 4 is 0 Å². The summed E-state index contributed by atoms with van der Waals surface area (Å²) in [5.74, 6) is 1.82. The molecule has 0 aromatic carbocycles. The van der Waals surface area contributed by atoms with Gasteiger partial charge in [0.2, 0.25) is 0 Å². The zero-order valence-corrected chi connectivity index (χ0v) is 9.84. The van der Waals surface area contributed by atoms with Crippen LogP contribution in [0.4, 0.5) is 0 Å². The van der Waals surface area contributed by atoms with Crippen molar-refractivity contribution in [1.82, 2.24) is 14.8 Å². The summed E-state index contributed by atoms with van der Waals surface area (Å²) in [6.07, 6.45) is 3.78. The van der Waals surface area contributed by atoms with E-state index in [1.54, 1.807) is 0 Å². The van der Waals surface area contributed by atoms with Gasteiger partial charge < -0.3 is 4.90 Å². The van der Waals surface area contributed by atoms with E-state index < -0.39 is 0 Å². The van der Waals surface area contributed by atoms with Crippen molar-refractivity contribution in [3.63, 3.8) is 0 Å². The highest BCUT2D eigenvalue weighted by molar-refractivity contribution is 5.10. The van der Waals surface area contributed by atoms with Gasteiger partial charge in [-0.3, -0.25) is 9.88 Å². The molecule has 3 heteroatoms. The summed E-state index contributed by atoms with van der Waals surface area (Å²) in [7, 11) is 2.24. The minimum Gasteiger partial charge on any atom is -0.306 e. The number of fused-ring (bicyclic) bond motifs is 1. The number of pyridine rings is 1. The predicted molar refractivity (Wildman–Crippen MR) is 64.0 cm³/mol. The molecule has 0 bridgehead atoms. The molecule has 0 aliphatic carbocycles. The Balaban J connectivity index is 1.60. The number of likely N-dealkylation sites (tertiary alicyclic amines) is 2. The van der Waals surface area contributed by atoms with Crippen LogP contribution in [0.2, 0.25) is 0 Å². The van der Waals surface area contributed by atoms with E-state index in [1.165, 1.54) is 31.7 Å². The highest BCUT2D eigenvalue weighted by Gasteiger charge is 2.38. The molecule has 1 aromatic heterocycles. The molecule has 1 aromatic rings.